The van der Waals surface area contributed by atoms with Crippen LogP contribution in [0.1, 0.15) is 25.7 Å². The van der Waals surface area contributed by atoms with Gasteiger partial charge in [-0.2, -0.15) is 0 Å². The third kappa shape index (κ3) is 3.81. The van der Waals surface area contributed by atoms with Crippen LogP contribution >= 0.6 is 0 Å². The average Bonchev–Trinajstić information content (AvgIpc) is 2.47. The fourth-order valence-corrected chi connectivity index (χ4v) is 1.45. The van der Waals surface area contributed by atoms with E-state index in [-0.39, 0.29) is 11.8 Å². The van der Waals surface area contributed by atoms with E-state index < -0.39 is 6.23 Å². The molecule has 1 atom stereocenters. The van der Waals surface area contributed by atoms with Crippen LogP contribution in [-0.2, 0) is 9.59 Å². The quantitative estimate of drug-likeness (QED) is 0.361. The fraction of sp³-hybridized carbons (Fsp3) is 0.600. The number of aliphatic hydroxyl groups excluding tert-OH is 1. The summed E-state index contributed by atoms with van der Waals surface area (Å²) in [5.74, 6) is -0.474. The van der Waals surface area contributed by atoms with Gasteiger partial charge in [-0.25, -0.2) is 0 Å². The number of hydrogen-bond donors (Lipinski definition) is 2. The molecule has 0 aliphatic carbocycles. The smallest absolute Gasteiger partial charge is 0.253 e. The predicted molar refractivity (Wildman–Crippen MR) is 54.5 cm³/mol. The number of aliphatic hydroxyl groups is 1. The molecule has 0 spiro atoms. The highest BCUT2D eigenvalue weighted by atomic mass is 16.3. The van der Waals surface area contributed by atoms with Crippen LogP contribution in [0.4, 0.5) is 0 Å². The summed E-state index contributed by atoms with van der Waals surface area (Å²) in [5.41, 5.74) is 5.17. The van der Waals surface area contributed by atoms with Crippen LogP contribution in [0, 0.1) is 0 Å². The van der Waals surface area contributed by atoms with Crippen molar-refractivity contribution in [3.63, 3.8) is 0 Å². The third-order valence-corrected chi connectivity index (χ3v) is 2.28. The highest BCUT2D eigenvalue weighted by molar-refractivity contribution is 6.12. The fourth-order valence-electron chi connectivity index (χ4n) is 1.45. The zero-order valence-corrected chi connectivity index (χ0v) is 8.56. The van der Waals surface area contributed by atoms with E-state index in [1.807, 2.05) is 0 Å². The number of rotatable bonds is 6. The summed E-state index contributed by atoms with van der Waals surface area (Å²) in [7, 11) is 0. The molecule has 2 amide bonds. The summed E-state index contributed by atoms with van der Waals surface area (Å²) >= 11 is 0. The van der Waals surface area contributed by atoms with Crippen LogP contribution in [0.15, 0.2) is 12.2 Å². The molecule has 0 saturated carbocycles. The molecule has 0 radical (unpaired) electrons. The van der Waals surface area contributed by atoms with Crippen LogP contribution < -0.4 is 5.73 Å². The number of carbonyl (C=O) groups excluding carboxylic acids is 2. The van der Waals surface area contributed by atoms with Crippen molar-refractivity contribution in [3.05, 3.63) is 12.2 Å². The summed E-state index contributed by atoms with van der Waals surface area (Å²) in [6, 6.07) is 0. The summed E-state index contributed by atoms with van der Waals surface area (Å²) in [4.78, 5) is 23.5. The topological polar surface area (TPSA) is 83.6 Å². The number of imide groups is 1. The molecule has 1 rings (SSSR count). The number of carbonyl (C=O) groups is 2. The zero-order chi connectivity index (χ0) is 11.3. The van der Waals surface area contributed by atoms with Gasteiger partial charge in [-0.1, -0.05) is 6.42 Å². The Hall–Kier alpha value is -1.20. The van der Waals surface area contributed by atoms with Crippen LogP contribution in [0.2, 0.25) is 0 Å². The molecule has 1 heterocycles. The molecule has 0 aromatic rings. The van der Waals surface area contributed by atoms with Crippen LogP contribution in [0.3, 0.4) is 0 Å². The van der Waals surface area contributed by atoms with Gasteiger partial charge in [0.2, 0.25) is 0 Å². The first-order valence-corrected chi connectivity index (χ1v) is 5.08. The Bertz CT molecular complexity index is 256. The van der Waals surface area contributed by atoms with E-state index in [0.29, 0.717) is 13.0 Å². The van der Waals surface area contributed by atoms with Crippen molar-refractivity contribution in [3.8, 4) is 0 Å². The lowest BCUT2D eigenvalue weighted by Gasteiger charge is -2.13. The molecule has 0 aromatic heterocycles. The Morgan fingerprint density at radius 2 is 1.80 bits per heavy atom. The Morgan fingerprint density at radius 1 is 1.20 bits per heavy atom. The monoisotopic (exact) mass is 212 g/mol. The van der Waals surface area contributed by atoms with Gasteiger partial charge < -0.3 is 10.8 Å². The lowest BCUT2D eigenvalue weighted by Crippen LogP contribution is -2.30. The summed E-state index contributed by atoms with van der Waals surface area (Å²) in [5, 5.41) is 8.80. The van der Waals surface area contributed by atoms with Crippen molar-refractivity contribution in [1.82, 2.24) is 4.90 Å². The Labute approximate surface area is 88.5 Å². The molecule has 1 aliphatic rings. The van der Waals surface area contributed by atoms with Crippen molar-refractivity contribution in [2.75, 3.05) is 6.54 Å². The lowest BCUT2D eigenvalue weighted by molar-refractivity contribution is -0.136. The molecule has 0 saturated heterocycles. The van der Waals surface area contributed by atoms with E-state index in [1.165, 1.54) is 17.1 Å². The lowest BCUT2D eigenvalue weighted by atomic mass is 10.2. The highest BCUT2D eigenvalue weighted by Crippen LogP contribution is 2.07. The third-order valence-electron chi connectivity index (χ3n) is 2.28. The normalized spacial score (nSPS) is 17.6. The van der Waals surface area contributed by atoms with E-state index in [4.69, 9.17) is 10.8 Å². The number of unbranched alkanes of at least 4 members (excludes halogenated alkanes) is 2. The van der Waals surface area contributed by atoms with Crippen LogP contribution in [-0.4, -0.2) is 34.6 Å². The van der Waals surface area contributed by atoms with Crippen LogP contribution in [0.25, 0.3) is 0 Å². The molecule has 5 nitrogen and oxygen atoms in total. The van der Waals surface area contributed by atoms with Crippen molar-refractivity contribution in [2.45, 2.75) is 31.9 Å². The van der Waals surface area contributed by atoms with E-state index in [2.05, 4.69) is 0 Å². The minimum absolute atomic E-state index is 0.237. The van der Waals surface area contributed by atoms with Gasteiger partial charge in [0.25, 0.3) is 11.8 Å². The zero-order valence-electron chi connectivity index (χ0n) is 8.56. The van der Waals surface area contributed by atoms with Gasteiger partial charge in [-0.3, -0.25) is 14.5 Å². The second kappa shape index (κ2) is 5.63. The maximum absolute atomic E-state index is 11.1. The van der Waals surface area contributed by atoms with Gasteiger partial charge in [0.15, 0.2) is 0 Å². The van der Waals surface area contributed by atoms with Gasteiger partial charge in [-0.05, 0) is 19.3 Å². The minimum Gasteiger partial charge on any atom is -0.379 e. The Kier molecular flexibility index (Phi) is 4.45. The standard InChI is InChI=1S/C10H16N2O3/c11-8(13)4-2-1-3-7-12-9(14)5-6-10(12)15/h5-6,8,13H,1-4,7,11H2. The van der Waals surface area contributed by atoms with Gasteiger partial charge >= 0.3 is 0 Å². The van der Waals surface area contributed by atoms with E-state index >= 15 is 0 Å². The second-order valence-corrected chi connectivity index (χ2v) is 3.58. The molecule has 3 N–H and O–H groups in total. The van der Waals surface area contributed by atoms with Gasteiger partial charge in [0.1, 0.15) is 6.23 Å². The van der Waals surface area contributed by atoms with Crippen molar-refractivity contribution in [2.24, 2.45) is 5.73 Å². The average molecular weight is 212 g/mol. The maximum Gasteiger partial charge on any atom is 0.253 e. The Morgan fingerprint density at radius 3 is 2.33 bits per heavy atom. The highest BCUT2D eigenvalue weighted by Gasteiger charge is 2.21. The van der Waals surface area contributed by atoms with Gasteiger partial charge in [-0.15, -0.1) is 0 Å². The molecule has 1 unspecified atom stereocenters. The van der Waals surface area contributed by atoms with E-state index in [9.17, 15) is 9.59 Å². The largest absolute Gasteiger partial charge is 0.379 e. The molecule has 5 heteroatoms. The first kappa shape index (κ1) is 11.9. The van der Waals surface area contributed by atoms with Gasteiger partial charge in [0, 0.05) is 18.7 Å². The number of nitrogens with zero attached hydrogens (tertiary/aromatic N) is 1. The molecule has 0 bridgehead atoms. The Balaban J connectivity index is 2.10. The van der Waals surface area contributed by atoms with Crippen molar-refractivity contribution in [1.29, 1.82) is 0 Å². The van der Waals surface area contributed by atoms with Crippen molar-refractivity contribution < 1.29 is 14.7 Å². The van der Waals surface area contributed by atoms with Crippen molar-refractivity contribution >= 4 is 11.8 Å². The first-order chi connectivity index (χ1) is 7.11. The number of hydrogen-bond acceptors (Lipinski definition) is 4. The number of amides is 2. The molecular formula is C10H16N2O3. The molecular weight excluding hydrogens is 196 g/mol. The minimum atomic E-state index is -0.762. The number of nitrogens with two attached hydrogens (primary N) is 1. The van der Waals surface area contributed by atoms with Crippen LogP contribution in [0.5, 0.6) is 0 Å². The maximum atomic E-state index is 11.1. The van der Waals surface area contributed by atoms with Gasteiger partial charge in [0.05, 0.1) is 0 Å². The molecule has 15 heavy (non-hydrogen) atoms. The SMILES string of the molecule is NC(O)CCCCCN1C(=O)C=CC1=O. The molecule has 84 valence electrons. The first-order valence-electron chi connectivity index (χ1n) is 5.08. The summed E-state index contributed by atoms with van der Waals surface area (Å²) in [6.45, 7) is 0.450. The molecule has 1 aliphatic heterocycles. The summed E-state index contributed by atoms with van der Waals surface area (Å²) in [6.07, 6.45) is 4.78. The summed E-state index contributed by atoms with van der Waals surface area (Å²) < 4.78 is 0. The predicted octanol–water partition coefficient (Wildman–Crippen LogP) is -0.251. The van der Waals surface area contributed by atoms with E-state index in [1.54, 1.807) is 0 Å². The van der Waals surface area contributed by atoms with E-state index in [0.717, 1.165) is 19.3 Å². The second-order valence-electron chi connectivity index (χ2n) is 3.58. The molecule has 0 aromatic carbocycles. The molecule has 0 fully saturated rings.